The second kappa shape index (κ2) is 7.11. The van der Waals surface area contributed by atoms with Crippen molar-refractivity contribution in [3.8, 4) is 0 Å². The molecule has 2 amide bonds. The number of likely N-dealkylation sites (tertiary alicyclic amines) is 2. The van der Waals surface area contributed by atoms with E-state index in [0.717, 1.165) is 19.4 Å². The van der Waals surface area contributed by atoms with Gasteiger partial charge < -0.3 is 14.9 Å². The third-order valence-corrected chi connectivity index (χ3v) is 4.73. The predicted octanol–water partition coefficient (Wildman–Crippen LogP) is 1.35. The fraction of sp³-hybridized carbons (Fsp3) is 0.812. The molecule has 2 heterocycles. The lowest BCUT2D eigenvalue weighted by Crippen LogP contribution is -2.44. The van der Waals surface area contributed by atoms with Crippen molar-refractivity contribution in [2.75, 3.05) is 19.6 Å². The van der Waals surface area contributed by atoms with Crippen LogP contribution in [0.2, 0.25) is 0 Å². The van der Waals surface area contributed by atoms with E-state index in [0.29, 0.717) is 25.9 Å². The van der Waals surface area contributed by atoms with Crippen LogP contribution in [0.1, 0.15) is 46.0 Å². The van der Waals surface area contributed by atoms with Gasteiger partial charge in [0.05, 0.1) is 5.92 Å². The van der Waals surface area contributed by atoms with Gasteiger partial charge >= 0.3 is 5.97 Å². The van der Waals surface area contributed by atoms with Crippen molar-refractivity contribution in [2.45, 2.75) is 52.0 Å². The molecule has 0 aromatic rings. The summed E-state index contributed by atoms with van der Waals surface area (Å²) in [6, 6.07) is 0.134. The van der Waals surface area contributed by atoms with E-state index in [9.17, 15) is 14.4 Å². The summed E-state index contributed by atoms with van der Waals surface area (Å²) >= 11 is 0. The molecule has 0 bridgehead atoms. The molecule has 0 saturated carbocycles. The maximum Gasteiger partial charge on any atom is 0.303 e. The Balaban J connectivity index is 1.89. The van der Waals surface area contributed by atoms with Crippen LogP contribution in [0.5, 0.6) is 0 Å². The number of rotatable bonds is 5. The van der Waals surface area contributed by atoms with Crippen molar-refractivity contribution in [1.82, 2.24) is 9.80 Å². The fourth-order valence-corrected chi connectivity index (χ4v) is 3.48. The molecule has 0 radical (unpaired) electrons. The van der Waals surface area contributed by atoms with Gasteiger partial charge in [-0.1, -0.05) is 0 Å². The van der Waals surface area contributed by atoms with Crippen LogP contribution in [-0.2, 0) is 14.4 Å². The number of carbonyl (C=O) groups excluding carboxylic acids is 2. The van der Waals surface area contributed by atoms with Gasteiger partial charge in [-0.3, -0.25) is 14.4 Å². The monoisotopic (exact) mass is 310 g/mol. The molecular weight excluding hydrogens is 284 g/mol. The van der Waals surface area contributed by atoms with Crippen molar-refractivity contribution < 1.29 is 19.5 Å². The van der Waals surface area contributed by atoms with Crippen LogP contribution in [0.4, 0.5) is 0 Å². The van der Waals surface area contributed by atoms with Gasteiger partial charge in [-0.25, -0.2) is 0 Å². The molecule has 2 fully saturated rings. The maximum absolute atomic E-state index is 12.6. The minimum absolute atomic E-state index is 0.0628. The lowest BCUT2D eigenvalue weighted by atomic mass is 9.92. The van der Waals surface area contributed by atoms with Gasteiger partial charge in [0.15, 0.2) is 0 Å². The van der Waals surface area contributed by atoms with E-state index in [1.165, 1.54) is 0 Å². The summed E-state index contributed by atoms with van der Waals surface area (Å²) in [6.07, 6.45) is 3.01. The molecule has 124 valence electrons. The Kier molecular flexibility index (Phi) is 5.42. The molecule has 1 N–H and O–H groups in total. The third kappa shape index (κ3) is 3.99. The second-order valence-corrected chi connectivity index (χ2v) is 6.77. The summed E-state index contributed by atoms with van der Waals surface area (Å²) in [5, 5.41) is 8.78. The highest BCUT2D eigenvalue weighted by atomic mass is 16.4. The van der Waals surface area contributed by atoms with Crippen LogP contribution in [0, 0.1) is 11.8 Å². The summed E-state index contributed by atoms with van der Waals surface area (Å²) < 4.78 is 0. The standard InChI is InChI=1S/C16H26N2O4/c1-11(2)18-10-13(8-14(18)19)16(22)17-7-3-4-12(9-17)5-6-15(20)21/h11-13H,3-10H2,1-2H3,(H,20,21)/t12-,13+/m1/s1. The summed E-state index contributed by atoms with van der Waals surface area (Å²) in [5.74, 6) is -0.609. The fourth-order valence-electron chi connectivity index (χ4n) is 3.48. The first-order chi connectivity index (χ1) is 10.4. The van der Waals surface area contributed by atoms with Crippen LogP contribution < -0.4 is 0 Å². The molecule has 2 aliphatic rings. The number of carbonyl (C=O) groups is 3. The van der Waals surface area contributed by atoms with E-state index in [1.54, 1.807) is 4.90 Å². The van der Waals surface area contributed by atoms with Crippen LogP contribution in [0.15, 0.2) is 0 Å². The van der Waals surface area contributed by atoms with E-state index < -0.39 is 5.97 Å². The molecule has 2 aliphatic heterocycles. The number of hydrogen-bond donors (Lipinski definition) is 1. The van der Waals surface area contributed by atoms with Gasteiger partial charge in [-0.05, 0) is 39.0 Å². The molecular formula is C16H26N2O4. The van der Waals surface area contributed by atoms with E-state index in [-0.39, 0.29) is 36.1 Å². The highest BCUT2D eigenvalue weighted by Crippen LogP contribution is 2.26. The van der Waals surface area contributed by atoms with Gasteiger partial charge in [0, 0.05) is 38.5 Å². The number of carboxylic acid groups (broad SMARTS) is 1. The van der Waals surface area contributed by atoms with Gasteiger partial charge in [0.1, 0.15) is 0 Å². The van der Waals surface area contributed by atoms with E-state index in [4.69, 9.17) is 5.11 Å². The first kappa shape index (κ1) is 16.8. The summed E-state index contributed by atoms with van der Waals surface area (Å²) in [6.45, 7) is 5.82. The first-order valence-corrected chi connectivity index (χ1v) is 8.18. The van der Waals surface area contributed by atoms with Crippen molar-refractivity contribution in [1.29, 1.82) is 0 Å². The topological polar surface area (TPSA) is 77.9 Å². The van der Waals surface area contributed by atoms with E-state index in [1.807, 2.05) is 18.7 Å². The molecule has 0 aromatic carbocycles. The quantitative estimate of drug-likeness (QED) is 0.831. The Labute approximate surface area is 131 Å². The zero-order valence-electron chi connectivity index (χ0n) is 13.5. The Hall–Kier alpha value is -1.59. The van der Waals surface area contributed by atoms with Crippen molar-refractivity contribution in [3.05, 3.63) is 0 Å². The van der Waals surface area contributed by atoms with Gasteiger partial charge in [0.2, 0.25) is 11.8 Å². The number of aliphatic carboxylic acids is 1. The minimum Gasteiger partial charge on any atom is -0.481 e. The van der Waals surface area contributed by atoms with Crippen LogP contribution in [0.25, 0.3) is 0 Å². The van der Waals surface area contributed by atoms with Crippen molar-refractivity contribution in [3.63, 3.8) is 0 Å². The molecule has 6 nitrogen and oxygen atoms in total. The van der Waals surface area contributed by atoms with Gasteiger partial charge in [0.25, 0.3) is 0 Å². The molecule has 6 heteroatoms. The zero-order chi connectivity index (χ0) is 16.3. The minimum atomic E-state index is -0.780. The van der Waals surface area contributed by atoms with E-state index in [2.05, 4.69) is 0 Å². The van der Waals surface area contributed by atoms with Crippen LogP contribution >= 0.6 is 0 Å². The number of hydrogen-bond acceptors (Lipinski definition) is 3. The number of piperidine rings is 1. The summed E-state index contributed by atoms with van der Waals surface area (Å²) in [5.41, 5.74) is 0. The lowest BCUT2D eigenvalue weighted by molar-refractivity contribution is -0.138. The van der Waals surface area contributed by atoms with Crippen LogP contribution in [0.3, 0.4) is 0 Å². The molecule has 0 unspecified atom stereocenters. The molecule has 2 rings (SSSR count). The second-order valence-electron chi connectivity index (χ2n) is 6.77. The van der Waals surface area contributed by atoms with Gasteiger partial charge in [-0.15, -0.1) is 0 Å². The highest BCUT2D eigenvalue weighted by molar-refractivity contribution is 5.89. The third-order valence-electron chi connectivity index (χ3n) is 4.73. The zero-order valence-corrected chi connectivity index (χ0v) is 13.5. The predicted molar refractivity (Wildman–Crippen MR) is 81.1 cm³/mol. The molecule has 2 saturated heterocycles. The van der Waals surface area contributed by atoms with Gasteiger partial charge in [-0.2, -0.15) is 0 Å². The molecule has 2 atom stereocenters. The average molecular weight is 310 g/mol. The Morgan fingerprint density at radius 2 is 2.05 bits per heavy atom. The SMILES string of the molecule is CC(C)N1C[C@@H](C(=O)N2CCC[C@H](CCC(=O)O)C2)CC1=O. The highest BCUT2D eigenvalue weighted by Gasteiger charge is 2.38. The molecule has 0 aromatic heterocycles. The average Bonchev–Trinajstić information content (AvgIpc) is 2.87. The smallest absolute Gasteiger partial charge is 0.303 e. The number of nitrogens with zero attached hydrogens (tertiary/aromatic N) is 2. The van der Waals surface area contributed by atoms with Crippen LogP contribution in [-0.4, -0.2) is 58.4 Å². The number of carboxylic acids is 1. The largest absolute Gasteiger partial charge is 0.481 e. The molecule has 22 heavy (non-hydrogen) atoms. The Morgan fingerprint density at radius 1 is 1.32 bits per heavy atom. The number of amides is 2. The Bertz CT molecular complexity index is 449. The first-order valence-electron chi connectivity index (χ1n) is 8.18. The van der Waals surface area contributed by atoms with Crippen molar-refractivity contribution >= 4 is 17.8 Å². The Morgan fingerprint density at radius 3 is 2.64 bits per heavy atom. The lowest BCUT2D eigenvalue weighted by Gasteiger charge is -2.34. The molecule has 0 aliphatic carbocycles. The summed E-state index contributed by atoms with van der Waals surface area (Å²) in [7, 11) is 0. The normalized spacial score (nSPS) is 25.9. The van der Waals surface area contributed by atoms with E-state index >= 15 is 0 Å². The summed E-state index contributed by atoms with van der Waals surface area (Å²) in [4.78, 5) is 38.9. The molecule has 0 spiro atoms. The maximum atomic E-state index is 12.6. The van der Waals surface area contributed by atoms with Crippen molar-refractivity contribution in [2.24, 2.45) is 11.8 Å².